The fourth-order valence-electron chi connectivity index (χ4n) is 0. The van der Waals surface area contributed by atoms with Crippen LogP contribution >= 0.6 is 7.82 Å². The summed E-state index contributed by atoms with van der Waals surface area (Å²) >= 11 is 0. The summed E-state index contributed by atoms with van der Waals surface area (Å²) in [7, 11) is -5.39. The summed E-state index contributed by atoms with van der Waals surface area (Å²) in [5, 5.41) is 15.3. The standard InChI is InChI=1S/CH2O3.4Li.H3O4P/c2-1(3)4;;;;;1-5(2,3)4/h(H2,2,3,4);;;;;(H3,1,2,3,4)/q;4*+1;/p-4. The molecule has 0 heterocycles. The Bertz CT molecular complexity index is 120. The fourth-order valence-corrected chi connectivity index (χ4v) is 0. The van der Waals surface area contributed by atoms with E-state index in [0.29, 0.717) is 0 Å². The fraction of sp³-hybridized carbons (Fsp3) is 0. The zero-order valence-corrected chi connectivity index (χ0v) is 8.74. The van der Waals surface area contributed by atoms with Crippen LogP contribution in [-0.2, 0) is 4.57 Å². The molecule has 0 aromatic rings. The van der Waals surface area contributed by atoms with Gasteiger partial charge in [0.05, 0.1) is 0 Å². The van der Waals surface area contributed by atoms with E-state index in [1.807, 2.05) is 0 Å². The maximum Gasteiger partial charge on any atom is 1.00 e. The van der Waals surface area contributed by atoms with Crippen LogP contribution in [0, 0.1) is 0 Å². The van der Waals surface area contributed by atoms with Gasteiger partial charge in [-0.2, -0.15) is 7.82 Å². The Morgan fingerprint density at radius 2 is 1.00 bits per heavy atom. The molecule has 0 aromatic carbocycles. The van der Waals surface area contributed by atoms with E-state index in [-0.39, 0.29) is 75.4 Å². The third-order valence-electron chi connectivity index (χ3n) is 0. The minimum atomic E-state index is -5.39. The van der Waals surface area contributed by atoms with Crippen LogP contribution in [0.1, 0.15) is 0 Å². The number of rotatable bonds is 0. The summed E-state index contributed by atoms with van der Waals surface area (Å²) < 4.78 is 8.55. The second kappa shape index (κ2) is 19.4. The van der Waals surface area contributed by atoms with Crippen molar-refractivity contribution >= 4 is 14.0 Å². The molecule has 0 aromatic heterocycles. The molecule has 0 saturated heterocycles. The average molecular weight is 184 g/mol. The van der Waals surface area contributed by atoms with Gasteiger partial charge in [-0.15, -0.1) is 0 Å². The molecule has 12 heteroatoms. The maximum atomic E-state index is 8.55. The minimum absolute atomic E-state index is 0. The van der Waals surface area contributed by atoms with Gasteiger partial charge in [0.2, 0.25) is 6.16 Å². The molecule has 0 saturated carbocycles. The molecule has 0 radical (unpaired) electrons. The maximum absolute atomic E-state index is 8.55. The van der Waals surface area contributed by atoms with Gasteiger partial charge in [0, 0.05) is 0 Å². The molecule has 0 unspecified atom stereocenters. The Morgan fingerprint density at radius 1 is 1.00 bits per heavy atom. The number of hydrogen-bond acceptors (Lipinski definition) is 6. The molecule has 0 atom stereocenters. The molecule has 0 aliphatic heterocycles. The van der Waals surface area contributed by atoms with Crippen LogP contribution in [0.5, 0.6) is 0 Å². The molecule has 0 amide bonds. The van der Waals surface area contributed by atoms with Gasteiger partial charge in [-0.3, -0.25) is 0 Å². The first-order valence-corrected chi connectivity index (χ1v) is 2.82. The summed E-state index contributed by atoms with van der Waals surface area (Å²) in [6.45, 7) is 0. The zero-order valence-electron chi connectivity index (χ0n) is 7.84. The number of hydrogen-bond donors (Lipinski definition) is 1. The third-order valence-corrected chi connectivity index (χ3v) is 0. The van der Waals surface area contributed by atoms with E-state index in [0.717, 1.165) is 0 Å². The van der Waals surface area contributed by atoms with Crippen LogP contribution in [0.2, 0.25) is 0 Å². The first kappa shape index (κ1) is 36.4. The van der Waals surface area contributed by atoms with Crippen molar-refractivity contribution < 1.29 is 110 Å². The largest absolute Gasteiger partial charge is 1.00 e. The normalized spacial score (nSPS) is 6.38. The molecule has 0 aliphatic rings. The Kier molecular flexibility index (Phi) is 54.2. The number of carboxylic acid groups (broad SMARTS) is 2. The summed E-state index contributed by atoms with van der Waals surface area (Å²) in [6.07, 6.45) is -2.08. The van der Waals surface area contributed by atoms with Gasteiger partial charge in [-0.05, 0) is 0 Å². The van der Waals surface area contributed by atoms with Crippen molar-refractivity contribution in [3.8, 4) is 0 Å². The molecule has 1 N–H and O–H groups in total. The summed E-state index contributed by atoms with van der Waals surface area (Å²) in [5.41, 5.74) is 0. The van der Waals surface area contributed by atoms with Crippen LogP contribution in [0.3, 0.4) is 0 Å². The third kappa shape index (κ3) is 609. The minimum Gasteiger partial charge on any atom is -0.822 e. The van der Waals surface area contributed by atoms with Gasteiger partial charge in [-0.25, -0.2) is 0 Å². The Balaban J connectivity index is -0.0000000146. The molecular formula is CHLi4O7P. The first-order valence-electron chi connectivity index (χ1n) is 1.36. The van der Waals surface area contributed by atoms with Crippen molar-refractivity contribution in [1.29, 1.82) is 0 Å². The van der Waals surface area contributed by atoms with Crippen molar-refractivity contribution in [3.63, 3.8) is 0 Å². The van der Waals surface area contributed by atoms with Crippen molar-refractivity contribution in [3.05, 3.63) is 0 Å². The molecule has 7 nitrogen and oxygen atoms in total. The Hall–Kier alpha value is 1.77. The predicted octanol–water partition coefficient (Wildman–Crippen LogP) is -15.9. The topological polar surface area (TPSA) is 147 Å². The van der Waals surface area contributed by atoms with E-state index < -0.39 is 14.0 Å². The smallest absolute Gasteiger partial charge is 0.822 e. The van der Waals surface area contributed by atoms with Crippen LogP contribution in [-0.4, -0.2) is 11.3 Å². The number of phosphoric acid groups is 1. The molecule has 0 rings (SSSR count). The van der Waals surface area contributed by atoms with Gasteiger partial charge in [-0.1, -0.05) is 0 Å². The van der Waals surface area contributed by atoms with Crippen molar-refractivity contribution in [1.82, 2.24) is 0 Å². The van der Waals surface area contributed by atoms with E-state index in [4.69, 9.17) is 34.3 Å². The van der Waals surface area contributed by atoms with E-state index >= 15 is 0 Å². The first-order chi connectivity index (χ1) is 3.73. The van der Waals surface area contributed by atoms with Crippen LogP contribution in [0.15, 0.2) is 0 Å². The Morgan fingerprint density at radius 3 is 1.00 bits per heavy atom. The van der Waals surface area contributed by atoms with Crippen LogP contribution in [0.25, 0.3) is 0 Å². The number of carbonyl (C=O) groups is 1. The van der Waals surface area contributed by atoms with E-state index in [9.17, 15) is 0 Å². The molecule has 0 aliphatic carbocycles. The zero-order chi connectivity index (χ0) is 8.08. The molecule has 0 fully saturated rings. The SMILES string of the molecule is O=C([O-])O.O=P([O-])([O-])[O-].[Li+].[Li+].[Li+].[Li+]. The van der Waals surface area contributed by atoms with Crippen LogP contribution < -0.4 is 95.2 Å². The van der Waals surface area contributed by atoms with Gasteiger partial charge < -0.3 is 34.3 Å². The average Bonchev–Trinajstić information content (AvgIpc) is 1.19. The van der Waals surface area contributed by atoms with Gasteiger partial charge in [0.15, 0.2) is 0 Å². The molecule has 13 heavy (non-hydrogen) atoms. The molecule has 56 valence electrons. The van der Waals surface area contributed by atoms with E-state index in [2.05, 4.69) is 0 Å². The van der Waals surface area contributed by atoms with Crippen molar-refractivity contribution in [2.45, 2.75) is 0 Å². The van der Waals surface area contributed by atoms with Gasteiger partial charge in [0.25, 0.3) is 0 Å². The van der Waals surface area contributed by atoms with Gasteiger partial charge >= 0.3 is 75.4 Å². The quantitative estimate of drug-likeness (QED) is 0.290. The summed E-state index contributed by atoms with van der Waals surface area (Å²) in [6, 6.07) is 0. The Labute approximate surface area is 123 Å². The molecule has 0 bridgehead atoms. The van der Waals surface area contributed by atoms with E-state index in [1.165, 1.54) is 0 Å². The monoisotopic (exact) mass is 184 g/mol. The second-order valence-electron chi connectivity index (χ2n) is 0.713. The van der Waals surface area contributed by atoms with Crippen molar-refractivity contribution in [2.75, 3.05) is 0 Å². The predicted molar refractivity (Wildman–Crippen MR) is 15.6 cm³/mol. The molecular weight excluding hydrogens is 183 g/mol. The summed E-state index contributed by atoms with van der Waals surface area (Å²) in [4.78, 5) is 34.1. The van der Waals surface area contributed by atoms with Gasteiger partial charge in [0.1, 0.15) is 0 Å². The molecule has 0 spiro atoms. The van der Waals surface area contributed by atoms with E-state index in [1.54, 1.807) is 0 Å². The summed E-state index contributed by atoms with van der Waals surface area (Å²) in [5.74, 6) is 0. The second-order valence-corrected chi connectivity index (χ2v) is 1.61. The van der Waals surface area contributed by atoms with Crippen molar-refractivity contribution in [2.24, 2.45) is 0 Å². The van der Waals surface area contributed by atoms with Crippen LogP contribution in [0.4, 0.5) is 4.79 Å².